The predicted octanol–water partition coefficient (Wildman–Crippen LogP) is 1.30. The van der Waals surface area contributed by atoms with Crippen LogP contribution in [0.5, 0.6) is 5.75 Å². The highest BCUT2D eigenvalue weighted by molar-refractivity contribution is 7.92. The van der Waals surface area contributed by atoms with E-state index in [2.05, 4.69) is 20.0 Å². The van der Waals surface area contributed by atoms with Gasteiger partial charge < -0.3 is 9.47 Å². The molecule has 156 valence electrons. The number of hydrogen-bond donors (Lipinski definition) is 1. The van der Waals surface area contributed by atoms with E-state index < -0.39 is 10.0 Å². The summed E-state index contributed by atoms with van der Waals surface area (Å²) in [6, 6.07) is 3.52. The van der Waals surface area contributed by atoms with E-state index in [1.807, 2.05) is 10.7 Å². The molecule has 0 amide bonds. The summed E-state index contributed by atoms with van der Waals surface area (Å²) < 4.78 is 44.7. The largest absolute Gasteiger partial charge is 0.494 e. The summed E-state index contributed by atoms with van der Waals surface area (Å²) in [7, 11) is -0.713. The van der Waals surface area contributed by atoms with Gasteiger partial charge in [-0.05, 0) is 12.1 Å². The van der Waals surface area contributed by atoms with E-state index in [4.69, 9.17) is 9.47 Å². The van der Waals surface area contributed by atoms with Gasteiger partial charge in [-0.25, -0.2) is 13.1 Å². The Morgan fingerprint density at radius 3 is 2.87 bits per heavy atom. The van der Waals surface area contributed by atoms with Crippen molar-refractivity contribution in [1.29, 1.82) is 0 Å². The Morgan fingerprint density at radius 1 is 1.17 bits per heavy atom. The highest BCUT2D eigenvalue weighted by atomic mass is 32.2. The summed E-state index contributed by atoms with van der Waals surface area (Å²) in [6.45, 7) is 1.64. The molecular weight excluding hydrogens is 410 g/mol. The first-order valence-electron chi connectivity index (χ1n) is 9.17. The number of aryl methyl sites for hydroxylation is 1. The molecule has 11 nitrogen and oxygen atoms in total. The fourth-order valence-corrected chi connectivity index (χ4v) is 4.55. The molecule has 4 heterocycles. The van der Waals surface area contributed by atoms with Gasteiger partial charge in [0.15, 0.2) is 0 Å². The van der Waals surface area contributed by atoms with E-state index in [0.717, 1.165) is 11.1 Å². The predicted molar refractivity (Wildman–Crippen MR) is 107 cm³/mol. The maximum atomic E-state index is 13.1. The molecule has 1 N–H and O–H groups in total. The van der Waals surface area contributed by atoms with Crippen molar-refractivity contribution in [3.63, 3.8) is 0 Å². The molecule has 30 heavy (non-hydrogen) atoms. The fraction of sp³-hybridized carbons (Fsp3) is 0.278. The molecule has 0 fully saturated rings. The lowest BCUT2D eigenvalue weighted by atomic mass is 10.2. The molecule has 0 saturated carbocycles. The van der Waals surface area contributed by atoms with E-state index in [1.54, 1.807) is 30.2 Å². The maximum absolute atomic E-state index is 13.1. The van der Waals surface area contributed by atoms with Gasteiger partial charge in [0.25, 0.3) is 10.0 Å². The number of rotatable bonds is 5. The number of hydrogen-bond acceptors (Lipinski definition) is 7. The van der Waals surface area contributed by atoms with Crippen LogP contribution in [0.4, 0.5) is 5.69 Å². The van der Waals surface area contributed by atoms with Crippen LogP contribution < -0.4 is 9.46 Å². The Hall–Kier alpha value is -3.38. The zero-order chi connectivity index (χ0) is 20.9. The molecule has 0 unspecified atom stereocenters. The number of nitrogens with one attached hydrogen (secondary N) is 1. The number of anilines is 1. The lowest BCUT2D eigenvalue weighted by Gasteiger charge is -2.15. The Bertz CT molecular complexity index is 1350. The zero-order valence-electron chi connectivity index (χ0n) is 16.3. The van der Waals surface area contributed by atoms with E-state index in [9.17, 15) is 8.42 Å². The molecule has 1 aliphatic rings. The van der Waals surface area contributed by atoms with Gasteiger partial charge in [-0.2, -0.15) is 15.3 Å². The smallest absolute Gasteiger partial charge is 0.265 e. The Morgan fingerprint density at radius 2 is 2.03 bits per heavy atom. The number of sulfonamides is 1. The highest BCUT2D eigenvalue weighted by Crippen LogP contribution is 2.34. The van der Waals surface area contributed by atoms with Crippen molar-refractivity contribution in [1.82, 2.24) is 29.3 Å². The number of ether oxygens (including phenoxy) is 2. The van der Waals surface area contributed by atoms with Gasteiger partial charge in [0.05, 0.1) is 62.9 Å². The van der Waals surface area contributed by atoms with E-state index in [0.29, 0.717) is 42.4 Å². The van der Waals surface area contributed by atoms with Gasteiger partial charge in [-0.3, -0.25) is 14.1 Å². The minimum absolute atomic E-state index is 0.0143. The molecule has 3 aromatic heterocycles. The fourth-order valence-electron chi connectivity index (χ4n) is 3.54. The van der Waals surface area contributed by atoms with Gasteiger partial charge in [0, 0.05) is 12.4 Å². The summed E-state index contributed by atoms with van der Waals surface area (Å²) >= 11 is 0. The molecule has 0 saturated heterocycles. The van der Waals surface area contributed by atoms with Crippen molar-refractivity contribution in [3.8, 4) is 11.4 Å². The van der Waals surface area contributed by atoms with Crippen LogP contribution in [0.1, 0.15) is 5.69 Å². The van der Waals surface area contributed by atoms with Crippen LogP contribution in [0.3, 0.4) is 0 Å². The van der Waals surface area contributed by atoms with Gasteiger partial charge in [-0.1, -0.05) is 0 Å². The number of benzene rings is 1. The third kappa shape index (κ3) is 2.92. The summed E-state index contributed by atoms with van der Waals surface area (Å²) in [5.74, 6) is 0.393. The second-order valence-corrected chi connectivity index (χ2v) is 8.51. The van der Waals surface area contributed by atoms with Crippen molar-refractivity contribution in [2.45, 2.75) is 18.0 Å². The number of aromatic nitrogens is 6. The zero-order valence-corrected chi connectivity index (χ0v) is 17.1. The quantitative estimate of drug-likeness (QED) is 0.508. The summed E-state index contributed by atoms with van der Waals surface area (Å²) in [4.78, 5) is 0.0143. The first-order valence-corrected chi connectivity index (χ1v) is 10.7. The normalized spacial score (nSPS) is 14.1. The Labute approximate surface area is 171 Å². The van der Waals surface area contributed by atoms with Crippen LogP contribution in [-0.4, -0.2) is 51.5 Å². The molecule has 0 atom stereocenters. The van der Waals surface area contributed by atoms with Crippen molar-refractivity contribution in [2.24, 2.45) is 7.05 Å². The van der Waals surface area contributed by atoms with Crippen molar-refractivity contribution in [3.05, 3.63) is 42.6 Å². The van der Waals surface area contributed by atoms with Crippen LogP contribution in [-0.2, 0) is 35.0 Å². The van der Waals surface area contributed by atoms with Crippen molar-refractivity contribution in [2.75, 3.05) is 18.4 Å². The topological polar surface area (TPSA) is 118 Å². The van der Waals surface area contributed by atoms with E-state index >= 15 is 0 Å². The monoisotopic (exact) mass is 429 g/mol. The molecular formula is C18H19N7O4S. The highest BCUT2D eigenvalue weighted by Gasteiger charge is 2.24. The average molecular weight is 429 g/mol. The second kappa shape index (κ2) is 6.85. The second-order valence-electron chi connectivity index (χ2n) is 6.83. The van der Waals surface area contributed by atoms with Gasteiger partial charge >= 0.3 is 0 Å². The van der Waals surface area contributed by atoms with Crippen LogP contribution in [0.2, 0.25) is 0 Å². The Kier molecular flexibility index (Phi) is 4.25. The lowest BCUT2D eigenvalue weighted by molar-refractivity contribution is 0.0799. The molecule has 0 aliphatic carbocycles. The molecule has 4 aromatic rings. The average Bonchev–Trinajstić information content (AvgIpc) is 3.46. The third-order valence-corrected chi connectivity index (χ3v) is 6.35. The third-order valence-electron chi connectivity index (χ3n) is 5.05. The van der Waals surface area contributed by atoms with Crippen LogP contribution in [0.15, 0.2) is 41.8 Å². The summed E-state index contributed by atoms with van der Waals surface area (Å²) in [5.41, 5.74) is 2.47. The number of nitrogens with zero attached hydrogens (tertiary/aromatic N) is 6. The number of methoxy groups -OCH3 is 1. The van der Waals surface area contributed by atoms with E-state index in [-0.39, 0.29) is 4.90 Å². The first kappa shape index (κ1) is 18.6. The molecule has 5 rings (SSSR count). The van der Waals surface area contributed by atoms with E-state index in [1.165, 1.54) is 24.2 Å². The minimum atomic E-state index is -3.94. The standard InChI is InChI=1S/C18H19N7O4S/c1-23-18-12(7-19-23)3-4-16(28-2)17(18)22-30(26,27)13-8-20-25(10-13)14-9-21-24-5-6-29-11-15(14)24/h3-4,7-10,22H,5-6,11H2,1-2H3. The molecule has 0 radical (unpaired) electrons. The summed E-state index contributed by atoms with van der Waals surface area (Å²) in [6.07, 6.45) is 6.06. The summed E-state index contributed by atoms with van der Waals surface area (Å²) in [5, 5.41) is 13.5. The van der Waals surface area contributed by atoms with Gasteiger partial charge in [0.1, 0.15) is 22.0 Å². The van der Waals surface area contributed by atoms with Gasteiger partial charge in [0.2, 0.25) is 0 Å². The minimum Gasteiger partial charge on any atom is -0.494 e. The molecule has 1 aliphatic heterocycles. The molecule has 0 spiro atoms. The lowest BCUT2D eigenvalue weighted by Crippen LogP contribution is -2.18. The molecule has 12 heteroatoms. The molecule has 1 aromatic carbocycles. The van der Waals surface area contributed by atoms with Crippen LogP contribution >= 0.6 is 0 Å². The molecule has 0 bridgehead atoms. The first-order chi connectivity index (χ1) is 14.5. The SMILES string of the molecule is COc1ccc2cnn(C)c2c1NS(=O)(=O)c1cnn(-c2cnn3c2COCC3)c1. The van der Waals surface area contributed by atoms with Crippen LogP contribution in [0, 0.1) is 0 Å². The van der Waals surface area contributed by atoms with Gasteiger partial charge in [-0.15, -0.1) is 0 Å². The number of fused-ring (bicyclic) bond motifs is 2. The maximum Gasteiger partial charge on any atom is 0.265 e. The van der Waals surface area contributed by atoms with Crippen molar-refractivity contribution < 1.29 is 17.9 Å². The van der Waals surface area contributed by atoms with Crippen molar-refractivity contribution >= 4 is 26.6 Å². The Balaban J connectivity index is 1.53. The van der Waals surface area contributed by atoms with Crippen LogP contribution in [0.25, 0.3) is 16.6 Å².